The van der Waals surface area contributed by atoms with Crippen LogP contribution in [0.2, 0.25) is 0 Å². The van der Waals surface area contributed by atoms with Crippen LogP contribution in [0.5, 0.6) is 0 Å². The van der Waals surface area contributed by atoms with Crippen molar-refractivity contribution in [2.45, 2.75) is 31.8 Å². The number of hydrogen-bond donors (Lipinski definition) is 3. The van der Waals surface area contributed by atoms with Gasteiger partial charge in [-0.2, -0.15) is 0 Å². The van der Waals surface area contributed by atoms with Crippen LogP contribution in [0.1, 0.15) is 36.8 Å². The number of anilines is 1. The molecule has 156 valence electrons. The molecule has 0 aliphatic carbocycles. The summed E-state index contributed by atoms with van der Waals surface area (Å²) in [4.78, 5) is 42.6. The highest BCUT2D eigenvalue weighted by molar-refractivity contribution is 6.20. The van der Waals surface area contributed by atoms with E-state index in [0.29, 0.717) is 18.6 Å². The number of carbonyl (C=O) groups excluding carboxylic acids is 3. The molecule has 8 nitrogen and oxygen atoms in total. The third-order valence-corrected chi connectivity index (χ3v) is 4.87. The van der Waals surface area contributed by atoms with Crippen LogP contribution < -0.4 is 15.7 Å². The Morgan fingerprint density at radius 1 is 1.00 bits per heavy atom. The number of para-hydroxylation sites is 1. The van der Waals surface area contributed by atoms with Gasteiger partial charge in [0.25, 0.3) is 5.91 Å². The zero-order chi connectivity index (χ0) is 21.5. The summed E-state index contributed by atoms with van der Waals surface area (Å²) in [6.45, 7) is 0. The van der Waals surface area contributed by atoms with Crippen LogP contribution in [0.15, 0.2) is 59.6 Å². The lowest BCUT2D eigenvalue weighted by atomic mass is 10.0. The van der Waals surface area contributed by atoms with Crippen LogP contribution in [0.3, 0.4) is 0 Å². The number of hydrogen-bond acceptors (Lipinski definition) is 5. The number of fused-ring (bicyclic) bond motifs is 1. The second-order valence-corrected chi connectivity index (χ2v) is 6.97. The number of aliphatic imine (C=N–C) groups is 1. The van der Waals surface area contributed by atoms with Crippen LogP contribution >= 0.6 is 0 Å². The summed E-state index contributed by atoms with van der Waals surface area (Å²) < 4.78 is 0. The van der Waals surface area contributed by atoms with Crippen molar-refractivity contribution in [3.63, 3.8) is 0 Å². The number of rotatable bonds is 7. The van der Waals surface area contributed by atoms with Crippen molar-refractivity contribution in [2.24, 2.45) is 4.99 Å². The first-order valence-electron chi connectivity index (χ1n) is 9.73. The van der Waals surface area contributed by atoms with Crippen LogP contribution in [0, 0.1) is 0 Å². The third-order valence-electron chi connectivity index (χ3n) is 4.87. The van der Waals surface area contributed by atoms with E-state index in [0.717, 1.165) is 16.8 Å². The van der Waals surface area contributed by atoms with Gasteiger partial charge in [-0.05, 0) is 18.9 Å². The minimum Gasteiger partial charge on any atom is -0.327 e. The average molecular weight is 408 g/mol. The van der Waals surface area contributed by atoms with E-state index in [2.05, 4.69) is 10.3 Å². The first-order valence-corrected chi connectivity index (χ1v) is 9.73. The number of hydroxylamine groups is 1. The smallest absolute Gasteiger partial charge is 0.272 e. The number of nitrogens with zero attached hydrogens (tertiary/aromatic N) is 2. The van der Waals surface area contributed by atoms with Gasteiger partial charge >= 0.3 is 0 Å². The number of benzene rings is 2. The normalized spacial score (nSPS) is 15.7. The van der Waals surface area contributed by atoms with E-state index < -0.39 is 12.1 Å². The molecule has 3 rings (SSSR count). The molecule has 30 heavy (non-hydrogen) atoms. The Bertz CT molecular complexity index is 959. The monoisotopic (exact) mass is 408 g/mol. The zero-order valence-corrected chi connectivity index (χ0v) is 16.7. The Hall–Kier alpha value is -3.52. The van der Waals surface area contributed by atoms with E-state index in [-0.39, 0.29) is 24.7 Å². The van der Waals surface area contributed by atoms with Crippen molar-refractivity contribution in [1.82, 2.24) is 10.8 Å². The Morgan fingerprint density at radius 2 is 1.63 bits per heavy atom. The van der Waals surface area contributed by atoms with Crippen molar-refractivity contribution >= 4 is 29.1 Å². The molecule has 1 aliphatic heterocycles. The summed E-state index contributed by atoms with van der Waals surface area (Å²) in [6, 6.07) is 17.0. The Morgan fingerprint density at radius 3 is 2.33 bits per heavy atom. The highest BCUT2D eigenvalue weighted by atomic mass is 16.5. The lowest BCUT2D eigenvalue weighted by molar-refractivity contribution is -0.129. The fourth-order valence-electron chi connectivity index (χ4n) is 3.29. The molecule has 3 amide bonds. The van der Waals surface area contributed by atoms with E-state index in [1.54, 1.807) is 12.5 Å². The summed E-state index contributed by atoms with van der Waals surface area (Å²) in [6.07, 6.45) is 0.120. The quantitative estimate of drug-likeness (QED) is 0.370. The van der Waals surface area contributed by atoms with Gasteiger partial charge < -0.3 is 10.2 Å². The SMILES string of the molecule is CN1C(=O)C(NC(=O)CCCCC(=O)NO)N=C(c2ccccc2)c2ccccc21. The molecular formula is C22H24N4O4. The van der Waals surface area contributed by atoms with Crippen molar-refractivity contribution in [3.05, 3.63) is 65.7 Å². The third kappa shape index (κ3) is 4.90. The molecule has 1 atom stereocenters. The molecule has 0 bridgehead atoms. The van der Waals surface area contributed by atoms with Crippen LogP contribution in [0.25, 0.3) is 0 Å². The topological polar surface area (TPSA) is 111 Å². The summed E-state index contributed by atoms with van der Waals surface area (Å²) in [5.74, 6) is -1.15. The minimum absolute atomic E-state index is 0.125. The van der Waals surface area contributed by atoms with Gasteiger partial charge in [-0.1, -0.05) is 48.5 Å². The zero-order valence-electron chi connectivity index (χ0n) is 16.7. The highest BCUT2D eigenvalue weighted by Crippen LogP contribution is 2.27. The van der Waals surface area contributed by atoms with Gasteiger partial charge in [0.05, 0.1) is 11.4 Å². The van der Waals surface area contributed by atoms with Gasteiger partial charge in [-0.25, -0.2) is 10.5 Å². The summed E-state index contributed by atoms with van der Waals surface area (Å²) >= 11 is 0. The number of carbonyl (C=O) groups is 3. The lowest BCUT2D eigenvalue weighted by Gasteiger charge is -2.20. The predicted molar refractivity (Wildman–Crippen MR) is 112 cm³/mol. The van der Waals surface area contributed by atoms with E-state index in [1.165, 1.54) is 4.90 Å². The van der Waals surface area contributed by atoms with Crippen molar-refractivity contribution in [3.8, 4) is 0 Å². The molecule has 3 N–H and O–H groups in total. The van der Waals surface area contributed by atoms with E-state index in [4.69, 9.17) is 5.21 Å². The number of nitrogens with one attached hydrogen (secondary N) is 2. The Balaban J connectivity index is 1.81. The molecule has 0 aromatic heterocycles. The number of amides is 3. The van der Waals surface area contributed by atoms with Crippen molar-refractivity contribution in [1.29, 1.82) is 0 Å². The predicted octanol–water partition coefficient (Wildman–Crippen LogP) is 2.01. The maximum atomic E-state index is 13.0. The molecule has 2 aromatic rings. The molecular weight excluding hydrogens is 384 g/mol. The Kier molecular flexibility index (Phi) is 6.92. The molecule has 0 saturated carbocycles. The molecule has 1 aliphatic rings. The van der Waals surface area contributed by atoms with Gasteiger partial charge in [0, 0.05) is 31.0 Å². The number of benzodiazepines with no additional fused rings is 1. The molecule has 0 radical (unpaired) electrons. The molecule has 0 saturated heterocycles. The molecule has 8 heteroatoms. The van der Waals surface area contributed by atoms with E-state index >= 15 is 0 Å². The number of unbranched alkanes of at least 4 members (excludes halogenated alkanes) is 1. The van der Waals surface area contributed by atoms with Crippen LogP contribution in [-0.2, 0) is 14.4 Å². The van der Waals surface area contributed by atoms with Gasteiger partial charge in [-0.15, -0.1) is 0 Å². The average Bonchev–Trinajstić information content (AvgIpc) is 2.88. The molecule has 1 heterocycles. The van der Waals surface area contributed by atoms with Gasteiger partial charge in [0.15, 0.2) is 0 Å². The number of likely N-dealkylation sites (N-methyl/N-ethyl adjacent to an activating group) is 1. The fraction of sp³-hybridized carbons (Fsp3) is 0.273. The van der Waals surface area contributed by atoms with E-state index in [1.807, 2.05) is 54.6 Å². The maximum Gasteiger partial charge on any atom is 0.272 e. The first-order chi connectivity index (χ1) is 14.5. The molecule has 0 fully saturated rings. The molecule has 2 aromatic carbocycles. The van der Waals surface area contributed by atoms with Gasteiger partial charge in [0.2, 0.25) is 18.0 Å². The van der Waals surface area contributed by atoms with Crippen molar-refractivity contribution < 1.29 is 19.6 Å². The first kappa shape index (κ1) is 21.2. The lowest BCUT2D eigenvalue weighted by Crippen LogP contribution is -2.46. The standard InChI is InChI=1S/C22H24N4O4/c1-26-17-12-6-5-11-16(17)20(15-9-3-2-4-10-15)24-21(22(26)29)23-18(27)13-7-8-14-19(28)25-30/h2-6,9-12,21,30H,7-8,13-14H2,1H3,(H,23,27)(H,25,28). The highest BCUT2D eigenvalue weighted by Gasteiger charge is 2.30. The second kappa shape index (κ2) is 9.80. The summed E-state index contributed by atoms with van der Waals surface area (Å²) in [5, 5.41) is 11.2. The summed E-state index contributed by atoms with van der Waals surface area (Å²) in [5.41, 5.74) is 4.57. The summed E-state index contributed by atoms with van der Waals surface area (Å²) in [7, 11) is 1.66. The maximum absolute atomic E-state index is 13.0. The fourth-order valence-corrected chi connectivity index (χ4v) is 3.29. The largest absolute Gasteiger partial charge is 0.327 e. The van der Waals surface area contributed by atoms with Gasteiger partial charge in [0.1, 0.15) is 0 Å². The Labute approximate surface area is 174 Å². The van der Waals surface area contributed by atoms with E-state index in [9.17, 15) is 14.4 Å². The molecule has 0 spiro atoms. The molecule has 1 unspecified atom stereocenters. The second-order valence-electron chi connectivity index (χ2n) is 6.97. The van der Waals surface area contributed by atoms with Crippen LogP contribution in [0.4, 0.5) is 5.69 Å². The minimum atomic E-state index is -1.05. The van der Waals surface area contributed by atoms with Gasteiger partial charge in [-0.3, -0.25) is 19.6 Å². The van der Waals surface area contributed by atoms with Crippen LogP contribution in [-0.4, -0.2) is 41.9 Å². The van der Waals surface area contributed by atoms with Crippen molar-refractivity contribution in [2.75, 3.05) is 11.9 Å².